The molecule has 2 aromatic rings. The second-order valence-electron chi connectivity index (χ2n) is 4.78. The highest BCUT2D eigenvalue weighted by Crippen LogP contribution is 2.15. The molecule has 7 nitrogen and oxygen atoms in total. The van der Waals surface area contributed by atoms with Gasteiger partial charge in [0.1, 0.15) is 5.02 Å². The Bertz CT molecular complexity index is 609. The van der Waals surface area contributed by atoms with Gasteiger partial charge in [-0.1, -0.05) is 30.6 Å². The molecule has 2 rings (SSSR count). The van der Waals surface area contributed by atoms with E-state index >= 15 is 0 Å². The summed E-state index contributed by atoms with van der Waals surface area (Å²) >= 11 is 6.06. The molecule has 108 valence electrons. The number of anilines is 1. The first-order valence-corrected chi connectivity index (χ1v) is 6.70. The van der Waals surface area contributed by atoms with Gasteiger partial charge >= 0.3 is 0 Å². The molecular weight excluding hydrogens is 282 g/mol. The number of aromatic nitrogens is 4. The monoisotopic (exact) mass is 297 g/mol. The fraction of sp³-hybridized carbons (Fsp3) is 0.500. The summed E-state index contributed by atoms with van der Waals surface area (Å²) in [4.78, 5) is 15.9. The largest absolute Gasteiger partial charge is 0.382 e. The molecular formula is C12H16ClN5O2. The summed E-state index contributed by atoms with van der Waals surface area (Å²) in [6.07, 6.45) is 3.40. The highest BCUT2D eigenvalue weighted by atomic mass is 35.5. The van der Waals surface area contributed by atoms with E-state index in [9.17, 15) is 4.79 Å². The van der Waals surface area contributed by atoms with Gasteiger partial charge in [0.05, 0.1) is 11.9 Å². The van der Waals surface area contributed by atoms with E-state index in [0.717, 1.165) is 0 Å². The first-order chi connectivity index (χ1) is 9.58. The van der Waals surface area contributed by atoms with Crippen molar-refractivity contribution in [1.82, 2.24) is 19.9 Å². The van der Waals surface area contributed by atoms with Crippen LogP contribution in [0.1, 0.15) is 19.7 Å². The number of hydrogen-bond donors (Lipinski definition) is 1. The van der Waals surface area contributed by atoms with Crippen LogP contribution >= 0.6 is 11.6 Å². The van der Waals surface area contributed by atoms with Crippen molar-refractivity contribution < 1.29 is 4.52 Å². The lowest BCUT2D eigenvalue weighted by molar-refractivity contribution is 0.410. The number of hydrogen-bond acceptors (Lipinski definition) is 6. The maximum Gasteiger partial charge on any atom is 0.287 e. The predicted molar refractivity (Wildman–Crippen MR) is 74.8 cm³/mol. The van der Waals surface area contributed by atoms with Crippen molar-refractivity contribution in [3.8, 4) is 0 Å². The lowest BCUT2D eigenvalue weighted by Gasteiger charge is -2.11. The van der Waals surface area contributed by atoms with Gasteiger partial charge in [-0.15, -0.1) is 0 Å². The van der Waals surface area contributed by atoms with Crippen LogP contribution in [0.15, 0.2) is 21.9 Å². The van der Waals surface area contributed by atoms with Crippen LogP contribution in [-0.2, 0) is 13.0 Å². The van der Waals surface area contributed by atoms with Gasteiger partial charge in [-0.25, -0.2) is 4.68 Å². The summed E-state index contributed by atoms with van der Waals surface area (Å²) < 4.78 is 6.00. The summed E-state index contributed by atoms with van der Waals surface area (Å²) in [6.45, 7) is 5.11. The van der Waals surface area contributed by atoms with Crippen LogP contribution in [0.3, 0.4) is 0 Å². The van der Waals surface area contributed by atoms with Crippen molar-refractivity contribution in [1.29, 1.82) is 0 Å². The smallest absolute Gasteiger partial charge is 0.287 e. The molecule has 2 aromatic heterocycles. The minimum absolute atomic E-state index is 0.147. The minimum atomic E-state index is -0.287. The van der Waals surface area contributed by atoms with E-state index in [0.29, 0.717) is 36.9 Å². The van der Waals surface area contributed by atoms with Crippen LogP contribution in [0.25, 0.3) is 0 Å². The van der Waals surface area contributed by atoms with Crippen molar-refractivity contribution in [3.63, 3.8) is 0 Å². The fourth-order valence-corrected chi connectivity index (χ4v) is 1.89. The topological polar surface area (TPSA) is 85.8 Å². The van der Waals surface area contributed by atoms with Crippen LogP contribution in [0.4, 0.5) is 5.69 Å². The lowest BCUT2D eigenvalue weighted by atomic mass is 10.2. The van der Waals surface area contributed by atoms with Gasteiger partial charge in [0, 0.05) is 19.5 Å². The predicted octanol–water partition coefficient (Wildman–Crippen LogP) is 1.59. The highest BCUT2D eigenvalue weighted by Gasteiger charge is 2.10. The number of nitrogens with zero attached hydrogens (tertiary/aromatic N) is 4. The maximum atomic E-state index is 12.0. The fourth-order valence-electron chi connectivity index (χ4n) is 1.68. The van der Waals surface area contributed by atoms with Crippen LogP contribution in [0, 0.1) is 5.92 Å². The zero-order chi connectivity index (χ0) is 14.5. The molecule has 0 bridgehead atoms. The Kier molecular flexibility index (Phi) is 4.73. The lowest BCUT2D eigenvalue weighted by Crippen LogP contribution is -2.26. The first-order valence-electron chi connectivity index (χ1n) is 6.32. The molecule has 0 radical (unpaired) electrons. The normalized spacial score (nSPS) is 11.0. The third-order valence-corrected chi connectivity index (χ3v) is 2.96. The van der Waals surface area contributed by atoms with Gasteiger partial charge in [0.15, 0.2) is 5.82 Å². The Hall–Kier alpha value is -1.89. The Labute approximate surface area is 120 Å². The van der Waals surface area contributed by atoms with Crippen LogP contribution in [0.2, 0.25) is 5.02 Å². The highest BCUT2D eigenvalue weighted by molar-refractivity contribution is 6.32. The van der Waals surface area contributed by atoms with Gasteiger partial charge in [0.25, 0.3) is 5.56 Å². The molecule has 0 fully saturated rings. The summed E-state index contributed by atoms with van der Waals surface area (Å²) in [5.74, 6) is 0.919. The van der Waals surface area contributed by atoms with E-state index < -0.39 is 0 Å². The average molecular weight is 298 g/mol. The van der Waals surface area contributed by atoms with Gasteiger partial charge in [-0.05, 0) is 5.92 Å². The molecule has 20 heavy (non-hydrogen) atoms. The van der Waals surface area contributed by atoms with E-state index in [-0.39, 0.29) is 10.6 Å². The van der Waals surface area contributed by atoms with E-state index in [1.54, 1.807) is 6.20 Å². The zero-order valence-corrected chi connectivity index (χ0v) is 12.1. The van der Waals surface area contributed by atoms with Crippen molar-refractivity contribution in [3.05, 3.63) is 33.8 Å². The molecule has 1 N–H and O–H groups in total. The van der Waals surface area contributed by atoms with Gasteiger partial charge < -0.3 is 9.84 Å². The van der Waals surface area contributed by atoms with Crippen LogP contribution < -0.4 is 10.9 Å². The third-order valence-electron chi connectivity index (χ3n) is 2.59. The molecule has 0 saturated heterocycles. The second-order valence-corrected chi connectivity index (χ2v) is 5.16. The van der Waals surface area contributed by atoms with E-state index in [2.05, 4.69) is 25.1 Å². The number of nitrogens with one attached hydrogen (secondary N) is 1. The Morgan fingerprint density at radius 1 is 1.50 bits per heavy atom. The molecule has 0 amide bonds. The first kappa shape index (κ1) is 14.5. The van der Waals surface area contributed by atoms with Crippen molar-refractivity contribution in [2.24, 2.45) is 5.92 Å². The van der Waals surface area contributed by atoms with E-state index in [1.807, 2.05) is 13.8 Å². The molecule has 0 spiro atoms. The zero-order valence-electron chi connectivity index (χ0n) is 11.3. The van der Waals surface area contributed by atoms with Crippen LogP contribution in [0.5, 0.6) is 0 Å². The van der Waals surface area contributed by atoms with Crippen LogP contribution in [-0.4, -0.2) is 26.5 Å². The number of halogens is 1. The second kappa shape index (κ2) is 6.51. The van der Waals surface area contributed by atoms with Gasteiger partial charge in [0.2, 0.25) is 6.39 Å². The minimum Gasteiger partial charge on any atom is -0.382 e. The molecule has 0 unspecified atom stereocenters. The standard InChI is InChI=1S/C12H16ClN5O2/c1-8(2)6-18-12(19)11(13)9(5-16-18)14-4-3-10-15-7-20-17-10/h5,7-8,14H,3-4,6H2,1-2H3. The van der Waals surface area contributed by atoms with Gasteiger partial charge in [-0.3, -0.25) is 4.79 Å². The van der Waals surface area contributed by atoms with Crippen molar-refractivity contribution >= 4 is 17.3 Å². The van der Waals surface area contributed by atoms with Crippen molar-refractivity contribution in [2.45, 2.75) is 26.8 Å². The SMILES string of the molecule is CC(C)Cn1ncc(NCCc2ncon2)c(Cl)c1=O. The molecule has 0 aliphatic heterocycles. The average Bonchev–Trinajstić information content (AvgIpc) is 2.90. The molecule has 0 saturated carbocycles. The summed E-state index contributed by atoms with van der Waals surface area (Å²) in [6, 6.07) is 0. The molecule has 8 heteroatoms. The van der Waals surface area contributed by atoms with E-state index in [1.165, 1.54) is 11.1 Å². The quantitative estimate of drug-likeness (QED) is 0.871. The third kappa shape index (κ3) is 3.57. The Morgan fingerprint density at radius 3 is 2.95 bits per heavy atom. The summed E-state index contributed by atoms with van der Waals surface area (Å²) in [5.41, 5.74) is 0.227. The molecule has 0 atom stereocenters. The molecule has 0 aromatic carbocycles. The molecule has 0 aliphatic rings. The van der Waals surface area contributed by atoms with E-state index in [4.69, 9.17) is 11.6 Å². The summed E-state index contributed by atoms with van der Waals surface area (Å²) in [7, 11) is 0. The Morgan fingerprint density at radius 2 is 2.30 bits per heavy atom. The molecule has 0 aliphatic carbocycles. The number of rotatable bonds is 6. The Balaban J connectivity index is 2.02. The summed E-state index contributed by atoms with van der Waals surface area (Å²) in [5, 5.41) is 11.0. The van der Waals surface area contributed by atoms with Gasteiger partial charge in [-0.2, -0.15) is 10.1 Å². The molecule has 2 heterocycles. The van der Waals surface area contributed by atoms with Crippen molar-refractivity contribution in [2.75, 3.05) is 11.9 Å². The maximum absolute atomic E-state index is 12.0.